The highest BCUT2D eigenvalue weighted by molar-refractivity contribution is 5.45. The third kappa shape index (κ3) is 3.45. The average Bonchev–Trinajstić information content (AvgIpc) is 2.46. The molecule has 0 saturated carbocycles. The van der Waals surface area contributed by atoms with Crippen molar-refractivity contribution in [1.82, 2.24) is 9.88 Å². The topological polar surface area (TPSA) is 39.6 Å². The third-order valence-electron chi connectivity index (χ3n) is 4.09. The first-order chi connectivity index (χ1) is 9.11. The summed E-state index contributed by atoms with van der Waals surface area (Å²) in [6.45, 7) is 10.6. The first kappa shape index (κ1) is 14.3. The molecule has 4 heteroatoms. The average molecular weight is 263 g/mol. The van der Waals surface area contributed by atoms with E-state index in [9.17, 15) is 5.11 Å². The Morgan fingerprint density at radius 1 is 1.21 bits per heavy atom. The molecule has 0 bridgehead atoms. The monoisotopic (exact) mass is 263 g/mol. The summed E-state index contributed by atoms with van der Waals surface area (Å²) in [6, 6.07) is 4.66. The van der Waals surface area contributed by atoms with E-state index in [-0.39, 0.29) is 0 Å². The van der Waals surface area contributed by atoms with Gasteiger partial charge < -0.3 is 10.0 Å². The van der Waals surface area contributed by atoms with Gasteiger partial charge in [0.2, 0.25) is 0 Å². The van der Waals surface area contributed by atoms with Crippen LogP contribution in [0.3, 0.4) is 0 Å². The van der Waals surface area contributed by atoms with E-state index in [1.54, 1.807) is 6.92 Å². The molecule has 0 radical (unpaired) electrons. The van der Waals surface area contributed by atoms with Crippen LogP contribution in [-0.4, -0.2) is 47.2 Å². The zero-order valence-electron chi connectivity index (χ0n) is 12.2. The molecule has 1 aliphatic heterocycles. The molecule has 1 aromatic heterocycles. The number of nitrogens with zero attached hydrogens (tertiary/aromatic N) is 3. The molecular formula is C15H25N3O. The Kier molecular flexibility index (Phi) is 4.77. The molecule has 2 heterocycles. The Morgan fingerprint density at radius 3 is 2.37 bits per heavy atom. The fourth-order valence-electron chi connectivity index (χ4n) is 2.51. The van der Waals surface area contributed by atoms with Crippen LogP contribution in [0.4, 0.5) is 5.69 Å². The maximum atomic E-state index is 9.47. The van der Waals surface area contributed by atoms with Crippen molar-refractivity contribution in [2.45, 2.75) is 39.3 Å². The highest BCUT2D eigenvalue weighted by atomic mass is 16.3. The number of pyridine rings is 1. The highest BCUT2D eigenvalue weighted by Gasteiger charge is 2.20. The summed E-state index contributed by atoms with van der Waals surface area (Å²) in [5.41, 5.74) is 1.90. The zero-order valence-corrected chi connectivity index (χ0v) is 12.2. The van der Waals surface area contributed by atoms with Gasteiger partial charge in [-0.1, -0.05) is 6.92 Å². The summed E-state index contributed by atoms with van der Waals surface area (Å²) in [6.07, 6.45) is 2.60. The van der Waals surface area contributed by atoms with Crippen LogP contribution in [0.2, 0.25) is 0 Å². The van der Waals surface area contributed by atoms with Crippen LogP contribution in [0.15, 0.2) is 18.3 Å². The number of rotatable bonds is 4. The molecule has 0 aliphatic carbocycles. The molecule has 1 fully saturated rings. The van der Waals surface area contributed by atoms with Gasteiger partial charge in [0.1, 0.15) is 0 Å². The number of hydrogen-bond donors (Lipinski definition) is 1. The van der Waals surface area contributed by atoms with Gasteiger partial charge in [-0.15, -0.1) is 0 Å². The number of aromatic nitrogens is 1. The molecule has 4 nitrogen and oxygen atoms in total. The standard InChI is InChI=1S/C15H25N3O/c1-4-12(2)17-7-9-18(10-8-17)14-5-6-15(13(3)19)16-11-14/h5-6,11-13,19H,4,7-10H2,1-3H3. The van der Waals surface area contributed by atoms with Gasteiger partial charge in [0, 0.05) is 32.2 Å². The second-order valence-electron chi connectivity index (χ2n) is 5.40. The number of aliphatic hydroxyl groups excluding tert-OH is 1. The summed E-state index contributed by atoms with van der Waals surface area (Å²) < 4.78 is 0. The molecule has 1 saturated heterocycles. The highest BCUT2D eigenvalue weighted by Crippen LogP contribution is 2.19. The fourth-order valence-corrected chi connectivity index (χ4v) is 2.51. The van der Waals surface area contributed by atoms with Crippen molar-refractivity contribution in [3.63, 3.8) is 0 Å². The molecule has 1 aliphatic rings. The summed E-state index contributed by atoms with van der Waals surface area (Å²) in [5, 5.41) is 9.47. The van der Waals surface area contributed by atoms with Gasteiger partial charge in [-0.25, -0.2) is 0 Å². The van der Waals surface area contributed by atoms with Crippen LogP contribution in [-0.2, 0) is 0 Å². The van der Waals surface area contributed by atoms with Crippen LogP contribution in [0.5, 0.6) is 0 Å². The molecule has 106 valence electrons. The lowest BCUT2D eigenvalue weighted by Gasteiger charge is -2.38. The lowest BCUT2D eigenvalue weighted by Crippen LogP contribution is -2.49. The van der Waals surface area contributed by atoms with Crippen LogP contribution >= 0.6 is 0 Å². The van der Waals surface area contributed by atoms with Gasteiger partial charge in [-0.2, -0.15) is 0 Å². The number of anilines is 1. The van der Waals surface area contributed by atoms with E-state index in [0.29, 0.717) is 6.04 Å². The quantitative estimate of drug-likeness (QED) is 0.902. The predicted octanol–water partition coefficient (Wildman–Crippen LogP) is 2.06. The summed E-state index contributed by atoms with van der Waals surface area (Å²) in [4.78, 5) is 9.24. The number of piperazine rings is 1. The molecule has 0 amide bonds. The lowest BCUT2D eigenvalue weighted by molar-refractivity contribution is 0.192. The van der Waals surface area contributed by atoms with Crippen LogP contribution < -0.4 is 4.90 Å². The van der Waals surface area contributed by atoms with Crippen molar-refractivity contribution < 1.29 is 5.11 Å². The summed E-state index contributed by atoms with van der Waals surface area (Å²) in [7, 11) is 0. The van der Waals surface area contributed by atoms with Gasteiger partial charge in [0.05, 0.1) is 23.7 Å². The normalized spacial score (nSPS) is 20.3. The third-order valence-corrected chi connectivity index (χ3v) is 4.09. The van der Waals surface area contributed by atoms with Gasteiger partial charge in [0.15, 0.2) is 0 Å². The van der Waals surface area contributed by atoms with E-state index in [4.69, 9.17) is 0 Å². The Labute approximate surface area is 116 Å². The largest absolute Gasteiger partial charge is 0.387 e. The molecule has 1 N–H and O–H groups in total. The molecule has 1 aromatic rings. The van der Waals surface area contributed by atoms with Gasteiger partial charge in [-0.05, 0) is 32.4 Å². The van der Waals surface area contributed by atoms with Gasteiger partial charge in [-0.3, -0.25) is 9.88 Å². The Balaban J connectivity index is 1.94. The van der Waals surface area contributed by atoms with Gasteiger partial charge in [0.25, 0.3) is 0 Å². The zero-order chi connectivity index (χ0) is 13.8. The predicted molar refractivity (Wildman–Crippen MR) is 78.4 cm³/mol. The fraction of sp³-hybridized carbons (Fsp3) is 0.667. The minimum atomic E-state index is -0.490. The van der Waals surface area contributed by atoms with E-state index in [1.165, 1.54) is 6.42 Å². The maximum Gasteiger partial charge on any atom is 0.0931 e. The van der Waals surface area contributed by atoms with Gasteiger partial charge >= 0.3 is 0 Å². The van der Waals surface area contributed by atoms with Crippen molar-refractivity contribution >= 4 is 5.69 Å². The molecular weight excluding hydrogens is 238 g/mol. The van der Waals surface area contributed by atoms with Crippen LogP contribution in [0.25, 0.3) is 0 Å². The molecule has 0 aromatic carbocycles. The maximum absolute atomic E-state index is 9.47. The first-order valence-corrected chi connectivity index (χ1v) is 7.24. The second-order valence-corrected chi connectivity index (χ2v) is 5.40. The minimum absolute atomic E-state index is 0.490. The Morgan fingerprint density at radius 2 is 1.89 bits per heavy atom. The van der Waals surface area contributed by atoms with E-state index in [0.717, 1.165) is 37.6 Å². The Hall–Kier alpha value is -1.13. The Bertz CT molecular complexity index is 383. The summed E-state index contributed by atoms with van der Waals surface area (Å²) in [5.74, 6) is 0. The van der Waals surface area contributed by atoms with E-state index < -0.39 is 6.10 Å². The van der Waals surface area contributed by atoms with Crippen molar-refractivity contribution in [1.29, 1.82) is 0 Å². The summed E-state index contributed by atoms with van der Waals surface area (Å²) >= 11 is 0. The lowest BCUT2D eigenvalue weighted by atomic mass is 10.2. The smallest absolute Gasteiger partial charge is 0.0931 e. The first-order valence-electron chi connectivity index (χ1n) is 7.24. The van der Waals surface area contributed by atoms with E-state index in [2.05, 4.69) is 34.7 Å². The second kappa shape index (κ2) is 6.35. The van der Waals surface area contributed by atoms with Crippen molar-refractivity contribution in [3.8, 4) is 0 Å². The number of hydrogen-bond acceptors (Lipinski definition) is 4. The van der Waals surface area contributed by atoms with Crippen LogP contribution in [0, 0.1) is 0 Å². The molecule has 2 unspecified atom stereocenters. The van der Waals surface area contributed by atoms with Crippen molar-refractivity contribution in [2.75, 3.05) is 31.1 Å². The number of aliphatic hydroxyl groups is 1. The minimum Gasteiger partial charge on any atom is -0.387 e. The molecule has 2 rings (SSSR count). The van der Waals surface area contributed by atoms with Crippen molar-refractivity contribution in [3.05, 3.63) is 24.0 Å². The van der Waals surface area contributed by atoms with E-state index in [1.807, 2.05) is 12.3 Å². The molecule has 2 atom stereocenters. The van der Waals surface area contributed by atoms with Crippen molar-refractivity contribution in [2.24, 2.45) is 0 Å². The molecule has 19 heavy (non-hydrogen) atoms. The molecule has 0 spiro atoms. The van der Waals surface area contributed by atoms with Crippen LogP contribution in [0.1, 0.15) is 39.0 Å². The SMILES string of the molecule is CCC(C)N1CCN(c2ccc(C(C)O)nc2)CC1. The van der Waals surface area contributed by atoms with E-state index >= 15 is 0 Å².